The van der Waals surface area contributed by atoms with Crippen LogP contribution >= 0.6 is 0 Å². The number of carbonyl (C=O) groups excluding carboxylic acids is 1. The maximum Gasteiger partial charge on any atom is 0.257 e. The number of nitrogens with zero attached hydrogens (tertiary/aromatic N) is 3. The molecular weight excluding hydrogens is 338 g/mol. The minimum atomic E-state index is -0.0942. The van der Waals surface area contributed by atoms with Gasteiger partial charge in [-0.2, -0.15) is 5.10 Å². The van der Waals surface area contributed by atoms with Crippen molar-refractivity contribution in [2.75, 3.05) is 0 Å². The van der Waals surface area contributed by atoms with E-state index in [0.29, 0.717) is 5.56 Å². The maximum atomic E-state index is 13.1. The van der Waals surface area contributed by atoms with Gasteiger partial charge in [0, 0.05) is 36.0 Å². The first-order chi connectivity index (χ1) is 13.2. The summed E-state index contributed by atoms with van der Waals surface area (Å²) in [6, 6.07) is 12.2. The molecule has 5 rings (SSSR count). The molecule has 3 heterocycles. The molecule has 0 aliphatic heterocycles. The summed E-state index contributed by atoms with van der Waals surface area (Å²) in [5.41, 5.74) is 4.19. The third kappa shape index (κ3) is 2.56. The first-order valence-electron chi connectivity index (χ1n) is 9.28. The van der Waals surface area contributed by atoms with E-state index in [-0.39, 0.29) is 11.9 Å². The van der Waals surface area contributed by atoms with Gasteiger partial charge in [0.2, 0.25) is 0 Å². The van der Waals surface area contributed by atoms with Crippen molar-refractivity contribution in [3.05, 3.63) is 71.8 Å². The molecule has 27 heavy (non-hydrogen) atoms. The predicted molar refractivity (Wildman–Crippen MR) is 104 cm³/mol. The van der Waals surface area contributed by atoms with Crippen LogP contribution in [0.1, 0.15) is 40.5 Å². The standard InChI is InChI=1S/C21H21N5O/c1-25-21(26-11-4-5-12-26)16(13-22-25)20(27)24-18-10-6-8-15-14-7-2-3-9-17(14)23-19(15)18/h2-5,7,9,11-13,18,23H,6,8,10H2,1H3,(H,24,27)/t18-/m1/s1. The minimum Gasteiger partial charge on any atom is -0.356 e. The summed E-state index contributed by atoms with van der Waals surface area (Å²) in [5, 5.41) is 8.79. The van der Waals surface area contributed by atoms with Gasteiger partial charge in [-0.05, 0) is 43.0 Å². The predicted octanol–water partition coefficient (Wildman–Crippen LogP) is 3.50. The Labute approximate surface area is 156 Å². The Morgan fingerprint density at radius 2 is 2.04 bits per heavy atom. The Bertz CT molecular complexity index is 1120. The lowest BCUT2D eigenvalue weighted by Crippen LogP contribution is -2.31. The number of aryl methyl sites for hydroxylation is 2. The number of rotatable bonds is 3. The monoisotopic (exact) mass is 359 g/mol. The summed E-state index contributed by atoms with van der Waals surface area (Å²) in [6.45, 7) is 0. The molecule has 3 aromatic heterocycles. The number of nitrogens with one attached hydrogen (secondary N) is 2. The molecule has 0 fully saturated rings. The molecule has 0 unspecified atom stereocenters. The highest BCUT2D eigenvalue weighted by Crippen LogP contribution is 2.34. The van der Waals surface area contributed by atoms with E-state index in [0.717, 1.165) is 36.3 Å². The largest absolute Gasteiger partial charge is 0.356 e. The molecule has 4 aromatic rings. The highest BCUT2D eigenvalue weighted by molar-refractivity contribution is 5.97. The quantitative estimate of drug-likeness (QED) is 0.588. The van der Waals surface area contributed by atoms with Gasteiger partial charge in [0.1, 0.15) is 11.4 Å². The third-order valence-electron chi connectivity index (χ3n) is 5.42. The van der Waals surface area contributed by atoms with E-state index in [1.165, 1.54) is 10.9 Å². The minimum absolute atomic E-state index is 0.00799. The zero-order chi connectivity index (χ0) is 18.4. The Kier molecular flexibility index (Phi) is 3.63. The summed E-state index contributed by atoms with van der Waals surface area (Å²) >= 11 is 0. The fourth-order valence-corrected chi connectivity index (χ4v) is 4.17. The molecule has 2 N–H and O–H groups in total. The molecule has 6 nitrogen and oxygen atoms in total. The molecule has 1 amide bonds. The second kappa shape index (κ2) is 6.16. The molecule has 1 aliphatic rings. The Hall–Kier alpha value is -3.28. The zero-order valence-electron chi connectivity index (χ0n) is 15.1. The maximum absolute atomic E-state index is 13.1. The second-order valence-electron chi connectivity index (χ2n) is 7.08. The Balaban J connectivity index is 1.48. The van der Waals surface area contributed by atoms with Gasteiger partial charge in [-0.1, -0.05) is 18.2 Å². The summed E-state index contributed by atoms with van der Waals surface area (Å²) in [6.07, 6.45) is 8.53. The van der Waals surface area contributed by atoms with E-state index in [1.54, 1.807) is 10.9 Å². The topological polar surface area (TPSA) is 67.6 Å². The van der Waals surface area contributed by atoms with Crippen LogP contribution in [0, 0.1) is 0 Å². The normalized spacial score (nSPS) is 16.4. The van der Waals surface area contributed by atoms with Crippen molar-refractivity contribution < 1.29 is 4.79 Å². The van der Waals surface area contributed by atoms with Gasteiger partial charge in [0.15, 0.2) is 0 Å². The van der Waals surface area contributed by atoms with E-state index in [2.05, 4.69) is 33.6 Å². The number of aromatic nitrogens is 4. The third-order valence-corrected chi connectivity index (χ3v) is 5.42. The van der Waals surface area contributed by atoms with Crippen molar-refractivity contribution in [2.24, 2.45) is 7.05 Å². The van der Waals surface area contributed by atoms with Crippen LogP contribution < -0.4 is 5.32 Å². The fraction of sp³-hybridized carbons (Fsp3) is 0.238. The zero-order valence-corrected chi connectivity index (χ0v) is 15.1. The van der Waals surface area contributed by atoms with Crippen LogP contribution in [0.2, 0.25) is 0 Å². The van der Waals surface area contributed by atoms with Crippen LogP contribution in [-0.2, 0) is 13.5 Å². The molecule has 0 saturated heterocycles. The van der Waals surface area contributed by atoms with Crippen molar-refractivity contribution in [1.29, 1.82) is 0 Å². The number of para-hydroxylation sites is 1. The molecule has 136 valence electrons. The van der Waals surface area contributed by atoms with Crippen LogP contribution in [0.25, 0.3) is 16.7 Å². The van der Waals surface area contributed by atoms with Gasteiger partial charge < -0.3 is 14.9 Å². The van der Waals surface area contributed by atoms with E-state index >= 15 is 0 Å². The number of amides is 1. The second-order valence-corrected chi connectivity index (χ2v) is 7.08. The van der Waals surface area contributed by atoms with Gasteiger partial charge in [-0.3, -0.25) is 9.48 Å². The van der Waals surface area contributed by atoms with Crippen molar-refractivity contribution in [3.8, 4) is 5.82 Å². The summed E-state index contributed by atoms with van der Waals surface area (Å²) in [5.74, 6) is 0.675. The number of carbonyl (C=O) groups is 1. The van der Waals surface area contributed by atoms with Crippen molar-refractivity contribution >= 4 is 16.8 Å². The van der Waals surface area contributed by atoms with Crippen molar-refractivity contribution in [3.63, 3.8) is 0 Å². The summed E-state index contributed by atoms with van der Waals surface area (Å²) in [7, 11) is 1.85. The summed E-state index contributed by atoms with van der Waals surface area (Å²) < 4.78 is 3.64. The average molecular weight is 359 g/mol. The lowest BCUT2D eigenvalue weighted by Gasteiger charge is -2.24. The lowest BCUT2D eigenvalue weighted by molar-refractivity contribution is 0.0932. The highest BCUT2D eigenvalue weighted by Gasteiger charge is 2.27. The molecule has 0 radical (unpaired) electrons. The molecule has 0 spiro atoms. The van der Waals surface area contributed by atoms with E-state index in [1.807, 2.05) is 42.2 Å². The van der Waals surface area contributed by atoms with Crippen LogP contribution in [0.4, 0.5) is 0 Å². The van der Waals surface area contributed by atoms with Crippen LogP contribution in [0.3, 0.4) is 0 Å². The average Bonchev–Trinajstić information content (AvgIpc) is 3.39. The van der Waals surface area contributed by atoms with Crippen LogP contribution in [0.15, 0.2) is 55.0 Å². The van der Waals surface area contributed by atoms with E-state index in [4.69, 9.17) is 0 Å². The smallest absolute Gasteiger partial charge is 0.257 e. The van der Waals surface area contributed by atoms with E-state index < -0.39 is 0 Å². The first-order valence-corrected chi connectivity index (χ1v) is 9.28. The SMILES string of the molecule is Cn1ncc(C(=O)N[C@@H]2CCCc3c2[nH]c2ccccc32)c1-n1cccc1. The van der Waals surface area contributed by atoms with Gasteiger partial charge in [-0.25, -0.2) is 0 Å². The molecular formula is C21H21N5O. The Morgan fingerprint density at radius 1 is 1.22 bits per heavy atom. The molecule has 1 atom stereocenters. The lowest BCUT2D eigenvalue weighted by atomic mass is 9.91. The number of fused-ring (bicyclic) bond motifs is 3. The van der Waals surface area contributed by atoms with Crippen molar-refractivity contribution in [1.82, 2.24) is 24.6 Å². The number of aromatic amines is 1. The number of hydrogen-bond acceptors (Lipinski definition) is 2. The Morgan fingerprint density at radius 3 is 2.89 bits per heavy atom. The summed E-state index contributed by atoms with van der Waals surface area (Å²) in [4.78, 5) is 16.6. The van der Waals surface area contributed by atoms with Gasteiger partial charge in [0.05, 0.1) is 12.2 Å². The van der Waals surface area contributed by atoms with E-state index in [9.17, 15) is 4.79 Å². The number of benzene rings is 1. The van der Waals surface area contributed by atoms with Crippen molar-refractivity contribution in [2.45, 2.75) is 25.3 Å². The fourth-order valence-electron chi connectivity index (χ4n) is 4.17. The molecule has 0 saturated carbocycles. The highest BCUT2D eigenvalue weighted by atomic mass is 16.1. The first kappa shape index (κ1) is 15.9. The van der Waals surface area contributed by atoms with Crippen LogP contribution in [0.5, 0.6) is 0 Å². The molecule has 0 bridgehead atoms. The molecule has 1 aromatic carbocycles. The molecule has 6 heteroatoms. The van der Waals surface area contributed by atoms with Crippen LogP contribution in [-0.4, -0.2) is 25.2 Å². The van der Waals surface area contributed by atoms with Gasteiger partial charge >= 0.3 is 0 Å². The molecule has 1 aliphatic carbocycles. The van der Waals surface area contributed by atoms with Gasteiger partial charge in [0.25, 0.3) is 5.91 Å². The van der Waals surface area contributed by atoms with Gasteiger partial charge in [-0.15, -0.1) is 0 Å². The number of hydrogen-bond donors (Lipinski definition) is 2. The number of H-pyrrole nitrogens is 1.